The molecule has 0 radical (unpaired) electrons. The Bertz CT molecular complexity index is 891. The number of aromatic amines is 1. The van der Waals surface area contributed by atoms with Gasteiger partial charge in [-0.3, -0.25) is 4.79 Å². The Morgan fingerprint density at radius 3 is 2.63 bits per heavy atom. The number of halogens is 2. The van der Waals surface area contributed by atoms with Crippen LogP contribution in [-0.2, 0) is 11.2 Å². The maximum atomic E-state index is 12.2. The second kappa shape index (κ2) is 8.66. The van der Waals surface area contributed by atoms with E-state index in [1.165, 1.54) is 23.1 Å². The van der Waals surface area contributed by atoms with E-state index < -0.39 is 6.61 Å². The summed E-state index contributed by atoms with van der Waals surface area (Å²) in [6.45, 7) is -0.981. The molecule has 4 nitrogen and oxygen atoms in total. The van der Waals surface area contributed by atoms with Gasteiger partial charge in [-0.15, -0.1) is 0 Å². The van der Waals surface area contributed by atoms with Gasteiger partial charge in [0, 0.05) is 23.5 Å². The number of ether oxygens (including phenoxy) is 1. The minimum atomic E-state index is -2.84. The third kappa shape index (κ3) is 5.06. The van der Waals surface area contributed by atoms with Crippen LogP contribution in [0.15, 0.2) is 54.7 Å². The monoisotopic (exact) mass is 372 g/mol. The van der Waals surface area contributed by atoms with Crippen molar-refractivity contribution < 1.29 is 18.3 Å². The fourth-order valence-electron chi connectivity index (χ4n) is 3.11. The first-order chi connectivity index (χ1) is 13.0. The summed E-state index contributed by atoms with van der Waals surface area (Å²) in [6, 6.07) is 14.2. The second-order valence-electron chi connectivity index (χ2n) is 6.45. The van der Waals surface area contributed by atoms with Gasteiger partial charge in [0.15, 0.2) is 0 Å². The standard InChI is InChI=1S/C21H22F2N2O2/c1-14(15-9-11-17(12-10-15)27-21(22)23)25-20(26)8-4-5-16-13-24-19-7-3-2-6-18(16)19/h2-3,6-7,9-14,21,24H,4-5,8H2,1H3,(H,25,26). The van der Waals surface area contributed by atoms with Gasteiger partial charge in [0.2, 0.25) is 5.91 Å². The van der Waals surface area contributed by atoms with Gasteiger partial charge in [0.1, 0.15) is 5.75 Å². The molecule has 1 aromatic heterocycles. The lowest BCUT2D eigenvalue weighted by atomic mass is 10.1. The van der Waals surface area contributed by atoms with Crippen LogP contribution in [0.2, 0.25) is 0 Å². The molecule has 27 heavy (non-hydrogen) atoms. The van der Waals surface area contributed by atoms with Gasteiger partial charge in [0.05, 0.1) is 6.04 Å². The lowest BCUT2D eigenvalue weighted by Gasteiger charge is -2.15. The number of hydrogen-bond acceptors (Lipinski definition) is 2. The fourth-order valence-corrected chi connectivity index (χ4v) is 3.11. The number of amides is 1. The van der Waals surface area contributed by atoms with Crippen LogP contribution >= 0.6 is 0 Å². The molecule has 2 aromatic carbocycles. The summed E-state index contributed by atoms with van der Waals surface area (Å²) in [7, 11) is 0. The van der Waals surface area contributed by atoms with Gasteiger partial charge in [-0.2, -0.15) is 8.78 Å². The van der Waals surface area contributed by atoms with Crippen LogP contribution < -0.4 is 10.1 Å². The molecule has 142 valence electrons. The van der Waals surface area contributed by atoms with Crippen LogP contribution in [0.5, 0.6) is 5.75 Å². The largest absolute Gasteiger partial charge is 0.435 e. The van der Waals surface area contributed by atoms with Crippen LogP contribution in [0.3, 0.4) is 0 Å². The zero-order valence-corrected chi connectivity index (χ0v) is 15.0. The number of fused-ring (bicyclic) bond motifs is 1. The maximum absolute atomic E-state index is 12.2. The predicted molar refractivity (Wildman–Crippen MR) is 101 cm³/mol. The van der Waals surface area contributed by atoms with Crippen LogP contribution in [0.25, 0.3) is 10.9 Å². The lowest BCUT2D eigenvalue weighted by molar-refractivity contribution is -0.121. The Labute approximate surface area is 156 Å². The van der Waals surface area contributed by atoms with E-state index in [1.54, 1.807) is 12.1 Å². The van der Waals surface area contributed by atoms with E-state index in [-0.39, 0.29) is 17.7 Å². The fraction of sp³-hybridized carbons (Fsp3) is 0.286. The summed E-state index contributed by atoms with van der Waals surface area (Å²) in [5.41, 5.74) is 3.15. The molecule has 0 aliphatic carbocycles. The van der Waals surface area contributed by atoms with Crippen molar-refractivity contribution >= 4 is 16.8 Å². The molecular weight excluding hydrogens is 350 g/mol. The first kappa shape index (κ1) is 18.9. The van der Waals surface area contributed by atoms with Crippen molar-refractivity contribution in [2.24, 2.45) is 0 Å². The molecule has 0 aliphatic rings. The highest BCUT2D eigenvalue weighted by atomic mass is 19.3. The third-order valence-corrected chi connectivity index (χ3v) is 4.51. The number of H-pyrrole nitrogens is 1. The van der Waals surface area contributed by atoms with Crippen LogP contribution in [0.4, 0.5) is 8.78 Å². The van der Waals surface area contributed by atoms with Crippen LogP contribution in [0, 0.1) is 0 Å². The van der Waals surface area contributed by atoms with Gasteiger partial charge in [-0.05, 0) is 49.1 Å². The minimum absolute atomic E-state index is 0.0322. The molecule has 0 bridgehead atoms. The average Bonchev–Trinajstić information content (AvgIpc) is 3.05. The highest BCUT2D eigenvalue weighted by Crippen LogP contribution is 2.21. The molecule has 1 atom stereocenters. The minimum Gasteiger partial charge on any atom is -0.435 e. The molecule has 1 heterocycles. The second-order valence-corrected chi connectivity index (χ2v) is 6.45. The van der Waals surface area contributed by atoms with Gasteiger partial charge in [0.25, 0.3) is 0 Å². The van der Waals surface area contributed by atoms with E-state index in [9.17, 15) is 13.6 Å². The Morgan fingerprint density at radius 1 is 1.15 bits per heavy atom. The smallest absolute Gasteiger partial charge is 0.387 e. The zero-order valence-electron chi connectivity index (χ0n) is 15.0. The van der Waals surface area contributed by atoms with Crippen LogP contribution in [-0.4, -0.2) is 17.5 Å². The molecule has 0 fully saturated rings. The van der Waals surface area contributed by atoms with E-state index in [2.05, 4.69) is 21.1 Å². The molecule has 6 heteroatoms. The average molecular weight is 372 g/mol. The number of alkyl halides is 2. The Morgan fingerprint density at radius 2 is 1.89 bits per heavy atom. The molecule has 0 aliphatic heterocycles. The molecule has 0 saturated heterocycles. The van der Waals surface area contributed by atoms with Crippen molar-refractivity contribution in [3.63, 3.8) is 0 Å². The van der Waals surface area contributed by atoms with Crippen LogP contribution in [0.1, 0.15) is 36.9 Å². The highest BCUT2D eigenvalue weighted by molar-refractivity contribution is 5.83. The van der Waals surface area contributed by atoms with E-state index in [4.69, 9.17) is 0 Å². The van der Waals surface area contributed by atoms with Gasteiger partial charge < -0.3 is 15.0 Å². The predicted octanol–water partition coefficient (Wildman–Crippen LogP) is 4.97. The molecule has 2 N–H and O–H groups in total. The molecular formula is C21H22F2N2O2. The number of hydrogen-bond donors (Lipinski definition) is 2. The van der Waals surface area contributed by atoms with Crippen molar-refractivity contribution in [2.45, 2.75) is 38.8 Å². The van der Waals surface area contributed by atoms with Crippen molar-refractivity contribution in [3.8, 4) is 5.75 Å². The normalized spacial score (nSPS) is 12.3. The summed E-state index contributed by atoms with van der Waals surface area (Å²) >= 11 is 0. The molecule has 3 rings (SSSR count). The summed E-state index contributed by atoms with van der Waals surface area (Å²) in [5, 5.41) is 4.13. The number of nitrogens with one attached hydrogen (secondary N) is 2. The first-order valence-corrected chi connectivity index (χ1v) is 8.92. The van der Waals surface area contributed by atoms with E-state index in [0.717, 1.165) is 23.9 Å². The Kier molecular flexibility index (Phi) is 6.06. The van der Waals surface area contributed by atoms with E-state index >= 15 is 0 Å². The Hall–Kier alpha value is -2.89. The van der Waals surface area contributed by atoms with E-state index in [0.29, 0.717) is 6.42 Å². The molecule has 3 aromatic rings. The number of aromatic nitrogens is 1. The Balaban J connectivity index is 1.47. The summed E-state index contributed by atoms with van der Waals surface area (Å²) in [6.07, 6.45) is 4.00. The summed E-state index contributed by atoms with van der Waals surface area (Å²) in [4.78, 5) is 15.4. The zero-order chi connectivity index (χ0) is 19.2. The topological polar surface area (TPSA) is 54.1 Å². The third-order valence-electron chi connectivity index (χ3n) is 4.51. The molecule has 1 unspecified atom stereocenters. The molecule has 1 amide bonds. The SMILES string of the molecule is CC(NC(=O)CCCc1c[nH]c2ccccc12)c1ccc(OC(F)F)cc1. The number of benzene rings is 2. The van der Waals surface area contributed by atoms with Gasteiger partial charge >= 0.3 is 6.61 Å². The summed E-state index contributed by atoms with van der Waals surface area (Å²) in [5.74, 6) is 0.0706. The summed E-state index contributed by atoms with van der Waals surface area (Å²) < 4.78 is 28.7. The number of carbonyl (C=O) groups is 1. The van der Waals surface area contributed by atoms with Crippen molar-refractivity contribution in [1.29, 1.82) is 0 Å². The number of para-hydroxylation sites is 1. The molecule has 0 spiro atoms. The quantitative estimate of drug-likeness (QED) is 0.587. The lowest BCUT2D eigenvalue weighted by Crippen LogP contribution is -2.26. The maximum Gasteiger partial charge on any atom is 0.387 e. The number of carbonyl (C=O) groups excluding carboxylic acids is 1. The number of rotatable bonds is 8. The van der Waals surface area contributed by atoms with E-state index in [1.807, 2.05) is 31.3 Å². The number of aryl methyl sites for hydroxylation is 1. The van der Waals surface area contributed by atoms with Crippen molar-refractivity contribution in [1.82, 2.24) is 10.3 Å². The van der Waals surface area contributed by atoms with Crippen molar-refractivity contribution in [3.05, 3.63) is 65.9 Å². The first-order valence-electron chi connectivity index (χ1n) is 8.92. The van der Waals surface area contributed by atoms with Gasteiger partial charge in [-0.1, -0.05) is 30.3 Å². The molecule has 0 saturated carbocycles. The van der Waals surface area contributed by atoms with Crippen molar-refractivity contribution in [2.75, 3.05) is 0 Å². The highest BCUT2D eigenvalue weighted by Gasteiger charge is 2.11. The van der Waals surface area contributed by atoms with Gasteiger partial charge in [-0.25, -0.2) is 0 Å².